The molecule has 36 valence electrons. The molecular weight excluding hydrogens is 82.9 g/mol. The van der Waals surface area contributed by atoms with E-state index in [9.17, 15) is 0 Å². The van der Waals surface area contributed by atoms with Crippen LogP contribution in [-0.4, -0.2) is 7.85 Å². The largest absolute Gasteiger partial charge is 0.0941 e. The van der Waals surface area contributed by atoms with Crippen molar-refractivity contribution in [2.24, 2.45) is 0 Å². The SMILES string of the molecule is [B]C1C=CCCC1. The molecule has 0 aromatic rings. The Balaban J connectivity index is 2.36. The van der Waals surface area contributed by atoms with Crippen LogP contribution in [0.1, 0.15) is 19.3 Å². The van der Waals surface area contributed by atoms with E-state index in [0.717, 1.165) is 0 Å². The van der Waals surface area contributed by atoms with Crippen LogP contribution in [0, 0.1) is 0 Å². The van der Waals surface area contributed by atoms with Crippen molar-refractivity contribution in [3.8, 4) is 0 Å². The summed E-state index contributed by atoms with van der Waals surface area (Å²) >= 11 is 0. The Hall–Kier alpha value is -0.195. The zero-order valence-electron chi connectivity index (χ0n) is 4.43. The Morgan fingerprint density at radius 3 is 2.71 bits per heavy atom. The highest BCUT2D eigenvalue weighted by Gasteiger charge is 1.98. The van der Waals surface area contributed by atoms with Gasteiger partial charge in [0.2, 0.25) is 0 Å². The van der Waals surface area contributed by atoms with Gasteiger partial charge in [-0.05, 0) is 12.8 Å². The Morgan fingerprint density at radius 2 is 2.43 bits per heavy atom. The average Bonchev–Trinajstić information content (AvgIpc) is 1.69. The summed E-state index contributed by atoms with van der Waals surface area (Å²) in [7, 11) is 5.55. The Kier molecular flexibility index (Phi) is 1.56. The molecule has 0 saturated heterocycles. The van der Waals surface area contributed by atoms with Gasteiger partial charge in [-0.3, -0.25) is 0 Å². The first-order chi connectivity index (χ1) is 3.39. The van der Waals surface area contributed by atoms with Crippen LogP contribution in [0.5, 0.6) is 0 Å². The van der Waals surface area contributed by atoms with Crippen LogP contribution in [0.4, 0.5) is 0 Å². The summed E-state index contributed by atoms with van der Waals surface area (Å²) in [6, 6.07) is 0. The van der Waals surface area contributed by atoms with Crippen molar-refractivity contribution in [1.82, 2.24) is 0 Å². The standard InChI is InChI=1S/C6H9B/c7-6-4-2-1-3-5-6/h2,4,6H,1,3,5H2. The minimum atomic E-state index is 0.355. The normalized spacial score (nSPS) is 30.6. The zero-order valence-corrected chi connectivity index (χ0v) is 4.43. The zero-order chi connectivity index (χ0) is 5.11. The van der Waals surface area contributed by atoms with E-state index in [0.29, 0.717) is 5.82 Å². The summed E-state index contributed by atoms with van der Waals surface area (Å²) in [6.45, 7) is 0. The van der Waals surface area contributed by atoms with Crippen LogP contribution in [-0.2, 0) is 0 Å². The van der Waals surface area contributed by atoms with E-state index >= 15 is 0 Å². The molecule has 0 heterocycles. The minimum Gasteiger partial charge on any atom is -0.0941 e. The summed E-state index contributed by atoms with van der Waals surface area (Å²) < 4.78 is 0. The van der Waals surface area contributed by atoms with Gasteiger partial charge in [-0.25, -0.2) is 0 Å². The van der Waals surface area contributed by atoms with Crippen molar-refractivity contribution < 1.29 is 0 Å². The summed E-state index contributed by atoms with van der Waals surface area (Å²) in [6.07, 6.45) is 7.93. The minimum absolute atomic E-state index is 0.355. The molecule has 1 heteroatoms. The number of allylic oxidation sites excluding steroid dienone is 2. The molecule has 0 N–H and O–H groups in total. The molecule has 1 aliphatic rings. The van der Waals surface area contributed by atoms with E-state index in [2.05, 4.69) is 12.2 Å². The van der Waals surface area contributed by atoms with Gasteiger partial charge in [-0.1, -0.05) is 24.4 Å². The highest BCUT2D eigenvalue weighted by atomic mass is 14.0. The Morgan fingerprint density at radius 1 is 1.57 bits per heavy atom. The van der Waals surface area contributed by atoms with Gasteiger partial charge in [0.15, 0.2) is 0 Å². The fourth-order valence-electron chi connectivity index (χ4n) is 0.839. The molecule has 1 aliphatic carbocycles. The summed E-state index contributed by atoms with van der Waals surface area (Å²) in [4.78, 5) is 0. The van der Waals surface area contributed by atoms with E-state index in [1.165, 1.54) is 19.3 Å². The molecule has 0 nitrogen and oxygen atoms in total. The molecule has 0 aromatic carbocycles. The number of hydrogen-bond donors (Lipinski definition) is 0. The third-order valence-electron chi connectivity index (χ3n) is 1.29. The first-order valence-electron chi connectivity index (χ1n) is 2.82. The molecule has 2 radical (unpaired) electrons. The fraction of sp³-hybridized carbons (Fsp3) is 0.667. The highest BCUT2D eigenvalue weighted by Crippen LogP contribution is 2.17. The number of rotatable bonds is 0. The second-order valence-electron chi connectivity index (χ2n) is 2.02. The fourth-order valence-corrected chi connectivity index (χ4v) is 0.839. The summed E-state index contributed by atoms with van der Waals surface area (Å²) in [5.41, 5.74) is 0. The van der Waals surface area contributed by atoms with Crippen LogP contribution in [0.3, 0.4) is 0 Å². The molecule has 0 bridgehead atoms. The van der Waals surface area contributed by atoms with Crippen LogP contribution >= 0.6 is 0 Å². The third kappa shape index (κ3) is 1.38. The van der Waals surface area contributed by atoms with Crippen LogP contribution in [0.15, 0.2) is 12.2 Å². The summed E-state index contributed by atoms with van der Waals surface area (Å²) in [5, 5.41) is 0. The van der Waals surface area contributed by atoms with Crippen molar-refractivity contribution in [3.05, 3.63) is 12.2 Å². The Labute approximate surface area is 46.0 Å². The van der Waals surface area contributed by atoms with Gasteiger partial charge in [0.25, 0.3) is 0 Å². The molecule has 0 saturated carbocycles. The third-order valence-corrected chi connectivity index (χ3v) is 1.29. The maximum Gasteiger partial charge on any atom is 0.0755 e. The van der Waals surface area contributed by atoms with Crippen LogP contribution < -0.4 is 0 Å². The molecule has 0 aromatic heterocycles. The highest BCUT2D eigenvalue weighted by molar-refractivity contribution is 6.12. The van der Waals surface area contributed by atoms with Gasteiger partial charge in [0.05, 0.1) is 7.85 Å². The first kappa shape index (κ1) is 4.95. The average molecular weight is 92.0 g/mol. The van der Waals surface area contributed by atoms with Gasteiger partial charge in [0, 0.05) is 0 Å². The van der Waals surface area contributed by atoms with Gasteiger partial charge in [-0.15, -0.1) is 0 Å². The van der Waals surface area contributed by atoms with E-state index in [-0.39, 0.29) is 0 Å². The molecule has 0 amide bonds. The van der Waals surface area contributed by atoms with Gasteiger partial charge in [0.1, 0.15) is 0 Å². The molecule has 0 spiro atoms. The topological polar surface area (TPSA) is 0 Å². The molecule has 0 aliphatic heterocycles. The lowest BCUT2D eigenvalue weighted by atomic mass is 9.80. The second-order valence-corrected chi connectivity index (χ2v) is 2.02. The summed E-state index contributed by atoms with van der Waals surface area (Å²) in [5.74, 6) is 0.355. The number of hydrogen-bond acceptors (Lipinski definition) is 0. The van der Waals surface area contributed by atoms with Gasteiger partial charge < -0.3 is 0 Å². The predicted molar refractivity (Wildman–Crippen MR) is 32.5 cm³/mol. The molecule has 1 rings (SSSR count). The lowest BCUT2D eigenvalue weighted by molar-refractivity contribution is 0.729. The van der Waals surface area contributed by atoms with Crippen molar-refractivity contribution in [3.63, 3.8) is 0 Å². The van der Waals surface area contributed by atoms with E-state index < -0.39 is 0 Å². The van der Waals surface area contributed by atoms with Gasteiger partial charge >= 0.3 is 0 Å². The second kappa shape index (κ2) is 2.20. The van der Waals surface area contributed by atoms with Crippen molar-refractivity contribution in [2.45, 2.75) is 25.1 Å². The van der Waals surface area contributed by atoms with E-state index in [1.807, 2.05) is 0 Å². The molecule has 1 atom stereocenters. The smallest absolute Gasteiger partial charge is 0.0755 e. The van der Waals surface area contributed by atoms with Crippen LogP contribution in [0.2, 0.25) is 5.82 Å². The Bertz CT molecular complexity index is 76.2. The van der Waals surface area contributed by atoms with Crippen molar-refractivity contribution >= 4 is 7.85 Å². The van der Waals surface area contributed by atoms with E-state index in [4.69, 9.17) is 7.85 Å². The van der Waals surface area contributed by atoms with Gasteiger partial charge in [-0.2, -0.15) is 0 Å². The maximum atomic E-state index is 5.55. The molecule has 7 heavy (non-hydrogen) atoms. The van der Waals surface area contributed by atoms with Crippen molar-refractivity contribution in [1.29, 1.82) is 0 Å². The van der Waals surface area contributed by atoms with E-state index in [1.54, 1.807) is 0 Å². The lowest BCUT2D eigenvalue weighted by Crippen LogP contribution is -1.91. The van der Waals surface area contributed by atoms with Crippen LogP contribution in [0.25, 0.3) is 0 Å². The molecular formula is C6H9B. The quantitative estimate of drug-likeness (QED) is 0.315. The molecule has 0 fully saturated rings. The first-order valence-corrected chi connectivity index (χ1v) is 2.82. The molecule has 1 unspecified atom stereocenters. The maximum absolute atomic E-state index is 5.55. The predicted octanol–water partition coefficient (Wildman–Crippen LogP) is 1.68. The monoisotopic (exact) mass is 92.1 g/mol. The van der Waals surface area contributed by atoms with Crippen molar-refractivity contribution in [2.75, 3.05) is 0 Å². The lowest BCUT2D eigenvalue weighted by Gasteiger charge is -2.08.